The number of rotatable bonds is 4. The van der Waals surface area contributed by atoms with Gasteiger partial charge in [0, 0.05) is 32.2 Å². The molecule has 0 spiro atoms. The Hall–Kier alpha value is -1.68. The van der Waals surface area contributed by atoms with Crippen molar-refractivity contribution in [2.75, 3.05) is 39.8 Å². The third kappa shape index (κ3) is 2.98. The lowest BCUT2D eigenvalue weighted by molar-refractivity contribution is -0.0718. The van der Waals surface area contributed by atoms with Gasteiger partial charge in [0.2, 0.25) is 0 Å². The van der Waals surface area contributed by atoms with E-state index in [4.69, 9.17) is 0 Å². The molecule has 6 rings (SSSR count). The van der Waals surface area contributed by atoms with E-state index in [2.05, 4.69) is 70.3 Å². The highest BCUT2D eigenvalue weighted by atomic mass is 15.4. The fourth-order valence-corrected chi connectivity index (χ4v) is 4.89. The van der Waals surface area contributed by atoms with Crippen LogP contribution in [0.3, 0.4) is 0 Å². The Bertz CT molecular complexity index is 761. The Kier molecular flexibility index (Phi) is 4.32. The van der Waals surface area contributed by atoms with Crippen LogP contribution in [0.15, 0.2) is 42.5 Å². The highest BCUT2D eigenvalue weighted by Crippen LogP contribution is 2.39. The van der Waals surface area contributed by atoms with Crippen LogP contribution in [0.2, 0.25) is 0 Å². The molecule has 4 heterocycles. The van der Waals surface area contributed by atoms with Crippen LogP contribution in [-0.4, -0.2) is 60.5 Å². The van der Waals surface area contributed by atoms with E-state index in [1.807, 2.05) is 0 Å². The molecule has 0 N–H and O–H groups in total. The smallest absolute Gasteiger partial charge is 0.0517 e. The Labute approximate surface area is 157 Å². The van der Waals surface area contributed by atoms with Crippen LogP contribution >= 0.6 is 0 Å². The van der Waals surface area contributed by atoms with Gasteiger partial charge >= 0.3 is 0 Å². The largest absolute Gasteiger partial charge is 0.299 e. The lowest BCUT2D eigenvalue weighted by Gasteiger charge is -2.57. The standard InChI is InChI=1S/C23H28N3/c1-24-13-14-26-17-22(24)23(26)20-9-7-19(8-10-20)21-6-4-5-18(15-21)16-25-11-2-3-12-25/h4-5,7-10,15,22-23H,2-3,11-14,16-17H2,1H3. The van der Waals surface area contributed by atoms with E-state index in [9.17, 15) is 0 Å². The molecule has 3 nitrogen and oxygen atoms in total. The van der Waals surface area contributed by atoms with Gasteiger partial charge in [-0.25, -0.2) is 0 Å². The summed E-state index contributed by atoms with van der Waals surface area (Å²) in [6, 6.07) is 20.6. The first kappa shape index (κ1) is 16.5. The molecule has 2 bridgehead atoms. The molecule has 2 aromatic rings. The number of benzene rings is 2. The van der Waals surface area contributed by atoms with Crippen LogP contribution in [0.1, 0.15) is 30.0 Å². The Morgan fingerprint density at radius 2 is 1.81 bits per heavy atom. The number of likely N-dealkylation sites (N-methyl/N-ethyl adjacent to an activating group) is 1. The second-order valence-electron chi connectivity index (χ2n) is 8.20. The minimum atomic E-state index is 0.591. The van der Waals surface area contributed by atoms with Gasteiger partial charge in [-0.2, -0.15) is 0 Å². The molecule has 0 saturated carbocycles. The fourth-order valence-electron chi connectivity index (χ4n) is 4.89. The zero-order chi connectivity index (χ0) is 17.5. The van der Waals surface area contributed by atoms with E-state index in [0.717, 1.165) is 6.54 Å². The van der Waals surface area contributed by atoms with Crippen molar-refractivity contribution in [1.82, 2.24) is 14.7 Å². The third-order valence-electron chi connectivity index (χ3n) is 6.52. The van der Waals surface area contributed by atoms with Gasteiger partial charge < -0.3 is 0 Å². The van der Waals surface area contributed by atoms with Gasteiger partial charge in [-0.05, 0) is 67.4 Å². The highest BCUT2D eigenvalue weighted by molar-refractivity contribution is 5.64. The minimum Gasteiger partial charge on any atom is -0.299 e. The maximum Gasteiger partial charge on any atom is 0.0517 e. The van der Waals surface area contributed by atoms with Gasteiger partial charge in [0.15, 0.2) is 0 Å². The predicted molar refractivity (Wildman–Crippen MR) is 106 cm³/mol. The van der Waals surface area contributed by atoms with Gasteiger partial charge in [-0.1, -0.05) is 36.4 Å². The average molecular weight is 346 g/mol. The van der Waals surface area contributed by atoms with Crippen molar-refractivity contribution in [3.63, 3.8) is 0 Å². The molecule has 1 radical (unpaired) electrons. The highest BCUT2D eigenvalue weighted by Gasteiger charge is 2.45. The van der Waals surface area contributed by atoms with Gasteiger partial charge in [0.25, 0.3) is 0 Å². The van der Waals surface area contributed by atoms with Crippen molar-refractivity contribution < 1.29 is 0 Å². The molecule has 4 aliphatic rings. The van der Waals surface area contributed by atoms with Crippen LogP contribution in [0.25, 0.3) is 11.1 Å². The fraction of sp³-hybridized carbons (Fsp3) is 0.478. The Morgan fingerprint density at radius 3 is 2.54 bits per heavy atom. The topological polar surface area (TPSA) is 9.72 Å². The van der Waals surface area contributed by atoms with Crippen LogP contribution in [-0.2, 0) is 6.54 Å². The van der Waals surface area contributed by atoms with Gasteiger partial charge in [0.1, 0.15) is 0 Å². The van der Waals surface area contributed by atoms with Crippen LogP contribution in [0.5, 0.6) is 0 Å². The van der Waals surface area contributed by atoms with Gasteiger partial charge in [-0.3, -0.25) is 14.7 Å². The van der Waals surface area contributed by atoms with Crippen molar-refractivity contribution in [3.05, 3.63) is 59.7 Å². The number of hydrogen-bond acceptors (Lipinski definition) is 3. The van der Waals surface area contributed by atoms with Crippen LogP contribution < -0.4 is 0 Å². The zero-order valence-electron chi connectivity index (χ0n) is 15.7. The summed E-state index contributed by atoms with van der Waals surface area (Å²) in [5.41, 5.74) is 5.38. The number of nitrogens with zero attached hydrogens (tertiary/aromatic N) is 3. The summed E-state index contributed by atoms with van der Waals surface area (Å²) in [6.07, 6.45) is 2.70. The molecule has 3 unspecified atom stereocenters. The average Bonchev–Trinajstić information content (AvgIpc) is 3.15. The van der Waals surface area contributed by atoms with Crippen LogP contribution in [0, 0.1) is 6.07 Å². The number of hydrogen-bond donors (Lipinski definition) is 0. The van der Waals surface area contributed by atoms with E-state index >= 15 is 0 Å². The van der Waals surface area contributed by atoms with Gasteiger partial charge in [-0.15, -0.1) is 0 Å². The van der Waals surface area contributed by atoms with Crippen molar-refractivity contribution in [2.45, 2.75) is 31.5 Å². The van der Waals surface area contributed by atoms with Gasteiger partial charge in [0.05, 0.1) is 6.04 Å². The molecule has 4 fully saturated rings. The summed E-state index contributed by atoms with van der Waals surface area (Å²) in [7, 11) is 2.27. The maximum atomic E-state index is 3.44. The molecule has 2 aromatic carbocycles. The summed E-state index contributed by atoms with van der Waals surface area (Å²) in [5, 5.41) is 0. The summed E-state index contributed by atoms with van der Waals surface area (Å²) in [4.78, 5) is 7.69. The first-order chi connectivity index (χ1) is 12.8. The maximum absolute atomic E-state index is 3.44. The lowest BCUT2D eigenvalue weighted by Crippen LogP contribution is -2.66. The minimum absolute atomic E-state index is 0.591. The molecule has 135 valence electrons. The normalized spacial score (nSPS) is 28.9. The Balaban J connectivity index is 1.33. The van der Waals surface area contributed by atoms with Crippen molar-refractivity contribution in [2.24, 2.45) is 0 Å². The second kappa shape index (κ2) is 6.80. The number of fused-ring (bicyclic) bond motifs is 2. The number of piperazine rings is 2. The van der Waals surface area contributed by atoms with Crippen LogP contribution in [0.4, 0.5) is 0 Å². The summed E-state index contributed by atoms with van der Waals surface area (Å²) in [6.45, 7) is 7.20. The summed E-state index contributed by atoms with van der Waals surface area (Å²) >= 11 is 0. The van der Waals surface area contributed by atoms with E-state index < -0.39 is 0 Å². The molecule has 0 aliphatic carbocycles. The van der Waals surface area contributed by atoms with E-state index in [0.29, 0.717) is 12.1 Å². The molecule has 26 heavy (non-hydrogen) atoms. The first-order valence-electron chi connectivity index (χ1n) is 10.1. The molecule has 0 aromatic heterocycles. The summed E-state index contributed by atoms with van der Waals surface area (Å²) in [5.74, 6) is 0. The molecular formula is C23H28N3. The molecule has 0 amide bonds. The SMILES string of the molecule is CN1CCN2CC1C2c1ccc(-c2[c]ccc(CN3CCCC3)c2)cc1. The van der Waals surface area contributed by atoms with E-state index in [1.54, 1.807) is 0 Å². The third-order valence-corrected chi connectivity index (χ3v) is 6.52. The molecule has 4 saturated heterocycles. The number of likely N-dealkylation sites (tertiary alicyclic amines) is 1. The Morgan fingerprint density at radius 1 is 1.00 bits per heavy atom. The lowest BCUT2D eigenvalue weighted by atomic mass is 9.85. The monoisotopic (exact) mass is 346 g/mol. The zero-order valence-corrected chi connectivity index (χ0v) is 15.7. The molecule has 3 atom stereocenters. The molecular weight excluding hydrogens is 318 g/mol. The van der Waals surface area contributed by atoms with E-state index in [1.165, 1.54) is 67.8 Å². The summed E-state index contributed by atoms with van der Waals surface area (Å²) < 4.78 is 0. The predicted octanol–water partition coefficient (Wildman–Crippen LogP) is 3.42. The van der Waals surface area contributed by atoms with Crippen molar-refractivity contribution in [3.8, 4) is 11.1 Å². The quantitative estimate of drug-likeness (QED) is 0.840. The van der Waals surface area contributed by atoms with Crippen molar-refractivity contribution >= 4 is 0 Å². The molecule has 4 aliphatic heterocycles. The first-order valence-corrected chi connectivity index (χ1v) is 10.1. The molecule has 3 heteroatoms. The second-order valence-corrected chi connectivity index (χ2v) is 8.20. The van der Waals surface area contributed by atoms with E-state index in [-0.39, 0.29) is 0 Å². The van der Waals surface area contributed by atoms with Crippen molar-refractivity contribution in [1.29, 1.82) is 0 Å².